The molecule has 1 fully saturated rings. The normalized spacial score (nSPS) is 23.6. The molecule has 2 aromatic rings. The Labute approximate surface area is 225 Å². The fourth-order valence-corrected chi connectivity index (χ4v) is 6.68. The Morgan fingerprint density at radius 3 is 2.51 bits per heavy atom. The number of carbonyl (C=O) groups excluding carboxylic acids is 2. The highest BCUT2D eigenvalue weighted by atomic mass is 79.9. The van der Waals surface area contributed by atoms with Crippen LogP contribution >= 0.6 is 15.9 Å². The van der Waals surface area contributed by atoms with Gasteiger partial charge >= 0.3 is 5.97 Å². The molecule has 6 rings (SSSR count). The first kappa shape index (κ1) is 24.3. The maximum atomic E-state index is 13.9. The summed E-state index contributed by atoms with van der Waals surface area (Å²) in [5.74, 6) is 0.486. The van der Waals surface area contributed by atoms with E-state index in [1.54, 1.807) is 0 Å². The Balaban J connectivity index is 1.42. The molecule has 0 bridgehead atoms. The van der Waals surface area contributed by atoms with Crippen molar-refractivity contribution in [3.05, 3.63) is 80.6 Å². The van der Waals surface area contributed by atoms with E-state index >= 15 is 0 Å². The zero-order valence-corrected chi connectivity index (χ0v) is 22.4. The summed E-state index contributed by atoms with van der Waals surface area (Å²) in [6, 6.07) is 13.9. The van der Waals surface area contributed by atoms with E-state index in [1.165, 1.54) is 6.42 Å². The van der Waals surface area contributed by atoms with Gasteiger partial charge in [-0.3, -0.25) is 4.79 Å². The largest absolute Gasteiger partial charge is 0.459 e. The van der Waals surface area contributed by atoms with Crippen LogP contribution in [-0.2, 0) is 14.3 Å². The zero-order valence-electron chi connectivity index (χ0n) is 20.8. The lowest BCUT2D eigenvalue weighted by Crippen LogP contribution is -2.37. The van der Waals surface area contributed by atoms with Gasteiger partial charge in [-0.05, 0) is 68.2 Å². The van der Waals surface area contributed by atoms with Gasteiger partial charge in [0.2, 0.25) is 6.79 Å². The van der Waals surface area contributed by atoms with Crippen molar-refractivity contribution in [3.63, 3.8) is 0 Å². The van der Waals surface area contributed by atoms with Gasteiger partial charge in [-0.15, -0.1) is 0 Å². The number of hydrogen-bond acceptors (Lipinski definition) is 6. The van der Waals surface area contributed by atoms with Gasteiger partial charge in [0.25, 0.3) is 0 Å². The van der Waals surface area contributed by atoms with Gasteiger partial charge in [-0.2, -0.15) is 0 Å². The zero-order chi connectivity index (χ0) is 25.5. The van der Waals surface area contributed by atoms with Crippen molar-refractivity contribution in [2.75, 3.05) is 6.79 Å². The van der Waals surface area contributed by atoms with Gasteiger partial charge in [0, 0.05) is 33.8 Å². The minimum absolute atomic E-state index is 0.0487. The first-order valence-corrected chi connectivity index (χ1v) is 13.9. The van der Waals surface area contributed by atoms with Gasteiger partial charge < -0.3 is 19.5 Å². The molecule has 0 amide bonds. The number of Topliss-reactive ketones (excluding diaryl/α,β-unsaturated/α-hetero) is 1. The third kappa shape index (κ3) is 4.58. The summed E-state index contributed by atoms with van der Waals surface area (Å²) >= 11 is 3.70. The molecule has 1 N–H and O–H groups in total. The number of halogens is 1. The van der Waals surface area contributed by atoms with Crippen LogP contribution in [0.5, 0.6) is 11.5 Å². The second-order valence-corrected chi connectivity index (χ2v) is 11.2. The molecule has 2 aromatic carbocycles. The average Bonchev–Trinajstić information content (AvgIpc) is 3.35. The Morgan fingerprint density at radius 2 is 1.76 bits per heavy atom. The predicted octanol–water partition coefficient (Wildman–Crippen LogP) is 6.42. The Hall–Kier alpha value is -3.06. The first-order valence-electron chi connectivity index (χ1n) is 13.1. The van der Waals surface area contributed by atoms with Gasteiger partial charge in [-0.25, -0.2) is 4.79 Å². The lowest BCUT2D eigenvalue weighted by Gasteiger charge is -2.37. The third-order valence-corrected chi connectivity index (χ3v) is 8.63. The van der Waals surface area contributed by atoms with E-state index in [2.05, 4.69) is 33.4 Å². The summed E-state index contributed by atoms with van der Waals surface area (Å²) < 4.78 is 18.1. The molecule has 7 heteroatoms. The van der Waals surface area contributed by atoms with E-state index in [-0.39, 0.29) is 30.6 Å². The molecule has 2 aliphatic carbocycles. The second-order valence-electron chi connectivity index (χ2n) is 10.3. The SMILES string of the molecule is CC1=C(C(=O)OC2CCCCC2)[C@@H](c2cc3c(cc2Br)OCO3)C2=C(C[C@H](c3ccccc3)CC2=O)N1. The summed E-state index contributed by atoms with van der Waals surface area (Å²) in [4.78, 5) is 27.6. The number of ketones is 1. The molecule has 0 spiro atoms. The van der Waals surface area contributed by atoms with Crippen LogP contribution in [0.2, 0.25) is 0 Å². The van der Waals surface area contributed by atoms with Crippen LogP contribution in [-0.4, -0.2) is 24.6 Å². The van der Waals surface area contributed by atoms with Crippen molar-refractivity contribution in [2.45, 2.75) is 69.8 Å². The number of rotatable bonds is 4. The van der Waals surface area contributed by atoms with E-state index < -0.39 is 5.92 Å². The lowest BCUT2D eigenvalue weighted by atomic mass is 9.71. The van der Waals surface area contributed by atoms with E-state index in [9.17, 15) is 9.59 Å². The van der Waals surface area contributed by atoms with Crippen LogP contribution in [0.3, 0.4) is 0 Å². The van der Waals surface area contributed by atoms with Gasteiger partial charge in [0.05, 0.1) is 5.57 Å². The monoisotopic (exact) mass is 563 g/mol. The lowest BCUT2D eigenvalue weighted by molar-refractivity contribution is -0.146. The first-order chi connectivity index (χ1) is 18.0. The van der Waals surface area contributed by atoms with Crippen molar-refractivity contribution in [3.8, 4) is 11.5 Å². The van der Waals surface area contributed by atoms with Crippen LogP contribution in [0.1, 0.15) is 74.8 Å². The van der Waals surface area contributed by atoms with Crippen molar-refractivity contribution in [2.24, 2.45) is 0 Å². The highest BCUT2D eigenvalue weighted by molar-refractivity contribution is 9.10. The number of esters is 1. The second kappa shape index (κ2) is 10.0. The molecule has 192 valence electrons. The third-order valence-electron chi connectivity index (χ3n) is 7.95. The standard InChI is InChI=1S/C30H30BrNO5/c1-17-27(30(34)37-20-10-6-3-7-11-20)28(21-14-25-26(15-22(21)31)36-16-35-25)29-23(32-17)12-19(13-24(29)33)18-8-4-2-5-9-18/h2,4-5,8-9,14-15,19-20,28,32H,3,6-7,10-13,16H2,1H3/t19-,28+/m0/s1. The molecule has 1 saturated carbocycles. The average molecular weight is 564 g/mol. The molecule has 37 heavy (non-hydrogen) atoms. The van der Waals surface area contributed by atoms with E-state index in [0.717, 1.165) is 52.7 Å². The molecule has 0 radical (unpaired) electrons. The molecular formula is C30H30BrNO5. The number of fused-ring (bicyclic) bond motifs is 1. The summed E-state index contributed by atoms with van der Waals surface area (Å²) in [6.07, 6.45) is 6.10. The Morgan fingerprint density at radius 1 is 1.03 bits per heavy atom. The molecule has 4 aliphatic rings. The Kier molecular flexibility index (Phi) is 6.57. The van der Waals surface area contributed by atoms with E-state index in [0.29, 0.717) is 35.5 Å². The minimum Gasteiger partial charge on any atom is -0.459 e. The predicted molar refractivity (Wildman–Crippen MR) is 142 cm³/mol. The molecule has 0 unspecified atom stereocenters. The molecule has 2 aliphatic heterocycles. The minimum atomic E-state index is -0.555. The summed E-state index contributed by atoms with van der Waals surface area (Å²) in [6.45, 7) is 2.06. The smallest absolute Gasteiger partial charge is 0.337 e. The number of hydrogen-bond donors (Lipinski definition) is 1. The van der Waals surface area contributed by atoms with Crippen LogP contribution in [0.15, 0.2) is 69.5 Å². The maximum absolute atomic E-state index is 13.9. The van der Waals surface area contributed by atoms with Crippen molar-refractivity contribution in [1.29, 1.82) is 0 Å². The van der Waals surface area contributed by atoms with Gasteiger partial charge in [-0.1, -0.05) is 52.7 Å². The topological polar surface area (TPSA) is 73.9 Å². The molecule has 2 atom stereocenters. The molecular weight excluding hydrogens is 534 g/mol. The van der Waals surface area contributed by atoms with Crippen molar-refractivity contribution >= 4 is 27.7 Å². The molecule has 0 saturated heterocycles. The summed E-state index contributed by atoms with van der Waals surface area (Å²) in [7, 11) is 0. The highest BCUT2D eigenvalue weighted by Gasteiger charge is 2.43. The van der Waals surface area contributed by atoms with E-state index in [4.69, 9.17) is 14.2 Å². The molecule has 0 aromatic heterocycles. The van der Waals surface area contributed by atoms with Crippen LogP contribution in [0.4, 0.5) is 0 Å². The fraction of sp³-hybridized carbons (Fsp3) is 0.400. The number of carbonyl (C=O) groups is 2. The van der Waals surface area contributed by atoms with Gasteiger partial charge in [0.15, 0.2) is 17.3 Å². The molecule has 6 nitrogen and oxygen atoms in total. The van der Waals surface area contributed by atoms with Crippen LogP contribution < -0.4 is 14.8 Å². The van der Waals surface area contributed by atoms with Crippen molar-refractivity contribution < 1.29 is 23.8 Å². The Bertz CT molecular complexity index is 1310. The number of dihydropyridines is 1. The van der Waals surface area contributed by atoms with Crippen LogP contribution in [0, 0.1) is 0 Å². The van der Waals surface area contributed by atoms with Crippen LogP contribution in [0.25, 0.3) is 0 Å². The summed E-state index contributed by atoms with van der Waals surface area (Å²) in [5.41, 5.74) is 4.71. The quantitative estimate of drug-likeness (QED) is 0.433. The van der Waals surface area contributed by atoms with Crippen molar-refractivity contribution in [1.82, 2.24) is 5.32 Å². The number of ether oxygens (including phenoxy) is 3. The summed E-state index contributed by atoms with van der Waals surface area (Å²) in [5, 5.41) is 3.45. The number of benzene rings is 2. The number of nitrogens with one attached hydrogen (secondary N) is 1. The van der Waals surface area contributed by atoms with E-state index in [1.807, 2.05) is 37.3 Å². The molecule has 2 heterocycles. The number of allylic oxidation sites excluding steroid dienone is 3. The highest BCUT2D eigenvalue weighted by Crippen LogP contribution is 2.49. The fourth-order valence-electron chi connectivity index (χ4n) is 6.13. The van der Waals surface area contributed by atoms with Gasteiger partial charge in [0.1, 0.15) is 6.10 Å². The maximum Gasteiger partial charge on any atom is 0.337 e.